The lowest BCUT2D eigenvalue weighted by molar-refractivity contribution is 0.568. The normalized spacial score (nSPS) is 12.7. The lowest BCUT2D eigenvalue weighted by atomic mass is 10.1. The van der Waals surface area contributed by atoms with Crippen molar-refractivity contribution in [3.8, 4) is 0 Å². The maximum absolute atomic E-state index is 13.5. The van der Waals surface area contributed by atoms with E-state index in [9.17, 15) is 4.39 Å². The highest BCUT2D eigenvalue weighted by Gasteiger charge is 2.18. The van der Waals surface area contributed by atoms with E-state index in [1.54, 1.807) is 12.3 Å². The zero-order valence-corrected chi connectivity index (χ0v) is 11.1. The van der Waals surface area contributed by atoms with Crippen LogP contribution in [0.4, 0.5) is 4.39 Å². The SMILES string of the molecule is CCNC(c1ccc(Cl)c(F)c1)c1nccn1C. The molecule has 0 bridgehead atoms. The van der Waals surface area contributed by atoms with Crippen molar-refractivity contribution in [3.63, 3.8) is 0 Å². The van der Waals surface area contributed by atoms with E-state index in [-0.39, 0.29) is 11.1 Å². The van der Waals surface area contributed by atoms with Crippen LogP contribution in [0.3, 0.4) is 0 Å². The van der Waals surface area contributed by atoms with Crippen molar-refractivity contribution in [2.75, 3.05) is 6.54 Å². The van der Waals surface area contributed by atoms with Crippen LogP contribution in [0.1, 0.15) is 24.4 Å². The molecule has 3 nitrogen and oxygen atoms in total. The zero-order chi connectivity index (χ0) is 13.1. The summed E-state index contributed by atoms with van der Waals surface area (Å²) in [4.78, 5) is 4.31. The summed E-state index contributed by atoms with van der Waals surface area (Å²) < 4.78 is 15.5. The predicted octanol–water partition coefficient (Wildman–Crippen LogP) is 2.91. The van der Waals surface area contributed by atoms with Gasteiger partial charge in [-0.15, -0.1) is 0 Å². The highest BCUT2D eigenvalue weighted by molar-refractivity contribution is 6.30. The predicted molar refractivity (Wildman–Crippen MR) is 70.1 cm³/mol. The van der Waals surface area contributed by atoms with Gasteiger partial charge in [-0.25, -0.2) is 9.37 Å². The highest BCUT2D eigenvalue weighted by atomic mass is 35.5. The minimum absolute atomic E-state index is 0.133. The fourth-order valence-corrected chi connectivity index (χ4v) is 2.03. The molecule has 1 unspecified atom stereocenters. The third-order valence-electron chi connectivity index (χ3n) is 2.80. The van der Waals surface area contributed by atoms with Crippen LogP contribution in [0, 0.1) is 5.82 Å². The van der Waals surface area contributed by atoms with Crippen LogP contribution in [0.2, 0.25) is 5.02 Å². The summed E-state index contributed by atoms with van der Waals surface area (Å²) in [7, 11) is 1.92. The molecule has 1 N–H and O–H groups in total. The number of rotatable bonds is 4. The van der Waals surface area contributed by atoms with Crippen LogP contribution < -0.4 is 5.32 Å². The van der Waals surface area contributed by atoms with Gasteiger partial charge in [0.2, 0.25) is 0 Å². The average molecular weight is 268 g/mol. The second kappa shape index (κ2) is 5.50. The first-order valence-electron chi connectivity index (χ1n) is 5.79. The fourth-order valence-electron chi connectivity index (χ4n) is 1.91. The van der Waals surface area contributed by atoms with Crippen LogP contribution >= 0.6 is 11.6 Å². The van der Waals surface area contributed by atoms with Crippen molar-refractivity contribution in [2.24, 2.45) is 7.05 Å². The number of benzene rings is 1. The molecule has 0 radical (unpaired) electrons. The van der Waals surface area contributed by atoms with Crippen LogP contribution in [-0.2, 0) is 7.05 Å². The summed E-state index contributed by atoms with van der Waals surface area (Å²) in [5.41, 5.74) is 0.813. The minimum Gasteiger partial charge on any atom is -0.336 e. The van der Waals surface area contributed by atoms with Gasteiger partial charge in [0.15, 0.2) is 0 Å². The Balaban J connectivity index is 2.41. The van der Waals surface area contributed by atoms with E-state index in [1.807, 2.05) is 30.8 Å². The first kappa shape index (κ1) is 13.1. The Morgan fingerprint density at radius 1 is 1.50 bits per heavy atom. The van der Waals surface area contributed by atoms with Gasteiger partial charge in [-0.2, -0.15) is 0 Å². The number of hydrogen-bond donors (Lipinski definition) is 1. The van der Waals surface area contributed by atoms with Crippen LogP contribution in [0.25, 0.3) is 0 Å². The van der Waals surface area contributed by atoms with Gasteiger partial charge in [-0.1, -0.05) is 24.6 Å². The molecule has 1 aromatic carbocycles. The van der Waals surface area contributed by atoms with Crippen LogP contribution in [-0.4, -0.2) is 16.1 Å². The summed E-state index contributed by atoms with van der Waals surface area (Å²) in [5.74, 6) is 0.435. The van der Waals surface area contributed by atoms with Crippen LogP contribution in [0.15, 0.2) is 30.6 Å². The smallest absolute Gasteiger partial charge is 0.142 e. The molecule has 1 heterocycles. The second-order valence-corrected chi connectivity index (χ2v) is 4.47. The number of nitrogens with one attached hydrogen (secondary N) is 1. The number of imidazole rings is 1. The maximum atomic E-state index is 13.5. The summed E-state index contributed by atoms with van der Waals surface area (Å²) >= 11 is 5.70. The van der Waals surface area contributed by atoms with Gasteiger partial charge in [0.1, 0.15) is 11.6 Å². The van der Waals surface area contributed by atoms with Crippen molar-refractivity contribution >= 4 is 11.6 Å². The number of nitrogens with zero attached hydrogens (tertiary/aromatic N) is 2. The molecule has 96 valence electrons. The molecule has 1 atom stereocenters. The largest absolute Gasteiger partial charge is 0.336 e. The Labute approximate surface area is 111 Å². The summed E-state index contributed by atoms with van der Waals surface area (Å²) in [6.07, 6.45) is 3.60. The first-order valence-corrected chi connectivity index (χ1v) is 6.16. The van der Waals surface area contributed by atoms with E-state index in [2.05, 4.69) is 10.3 Å². The molecule has 0 amide bonds. The molecule has 0 fully saturated rings. The molecule has 0 saturated carbocycles. The Bertz CT molecular complexity index is 539. The molecule has 0 aliphatic rings. The van der Waals surface area contributed by atoms with Gasteiger partial charge in [0.05, 0.1) is 11.1 Å². The summed E-state index contributed by atoms with van der Waals surface area (Å²) in [6, 6.07) is 4.69. The molecule has 0 aliphatic carbocycles. The van der Waals surface area contributed by atoms with Gasteiger partial charge in [-0.05, 0) is 24.2 Å². The van der Waals surface area contributed by atoms with Gasteiger partial charge in [0.25, 0.3) is 0 Å². The number of halogens is 2. The molecule has 0 aliphatic heterocycles. The summed E-state index contributed by atoms with van der Waals surface area (Å²) in [6.45, 7) is 2.77. The Morgan fingerprint density at radius 3 is 2.83 bits per heavy atom. The topological polar surface area (TPSA) is 29.9 Å². The Morgan fingerprint density at radius 2 is 2.28 bits per heavy atom. The van der Waals surface area contributed by atoms with E-state index in [0.29, 0.717) is 0 Å². The molecule has 18 heavy (non-hydrogen) atoms. The lowest BCUT2D eigenvalue weighted by Gasteiger charge is -2.18. The van der Waals surface area contributed by atoms with Crippen molar-refractivity contribution in [2.45, 2.75) is 13.0 Å². The van der Waals surface area contributed by atoms with E-state index in [4.69, 9.17) is 11.6 Å². The molecule has 5 heteroatoms. The molecule has 0 spiro atoms. The second-order valence-electron chi connectivity index (χ2n) is 4.06. The minimum atomic E-state index is -0.411. The summed E-state index contributed by atoms with van der Waals surface area (Å²) in [5, 5.41) is 3.43. The van der Waals surface area contributed by atoms with Crippen molar-refractivity contribution in [3.05, 3.63) is 52.8 Å². The van der Waals surface area contributed by atoms with E-state index >= 15 is 0 Å². The highest BCUT2D eigenvalue weighted by Crippen LogP contribution is 2.24. The lowest BCUT2D eigenvalue weighted by Crippen LogP contribution is -2.24. The van der Waals surface area contributed by atoms with E-state index in [0.717, 1.165) is 17.9 Å². The van der Waals surface area contributed by atoms with Gasteiger partial charge < -0.3 is 9.88 Å². The van der Waals surface area contributed by atoms with E-state index in [1.165, 1.54) is 6.07 Å². The van der Waals surface area contributed by atoms with Crippen molar-refractivity contribution in [1.82, 2.24) is 14.9 Å². The number of aromatic nitrogens is 2. The number of aryl methyl sites for hydroxylation is 1. The standard InChI is InChI=1S/C13H15ClFN3/c1-3-16-12(13-17-6-7-18(13)2)9-4-5-10(14)11(15)8-9/h4-8,12,16H,3H2,1-2H3. The Hall–Kier alpha value is -1.39. The van der Waals surface area contributed by atoms with Crippen molar-refractivity contribution < 1.29 is 4.39 Å². The van der Waals surface area contributed by atoms with E-state index < -0.39 is 5.82 Å². The molecule has 2 rings (SSSR count). The quantitative estimate of drug-likeness (QED) is 0.923. The maximum Gasteiger partial charge on any atom is 0.142 e. The number of hydrogen-bond acceptors (Lipinski definition) is 2. The van der Waals surface area contributed by atoms with Gasteiger partial charge in [0, 0.05) is 19.4 Å². The van der Waals surface area contributed by atoms with Crippen molar-refractivity contribution in [1.29, 1.82) is 0 Å². The molecule has 2 aromatic rings. The third-order valence-corrected chi connectivity index (χ3v) is 3.11. The first-order chi connectivity index (χ1) is 8.63. The molecular formula is C13H15ClFN3. The van der Waals surface area contributed by atoms with Crippen LogP contribution in [0.5, 0.6) is 0 Å². The van der Waals surface area contributed by atoms with Gasteiger partial charge >= 0.3 is 0 Å². The average Bonchev–Trinajstić information content (AvgIpc) is 2.76. The molecule has 0 saturated heterocycles. The third kappa shape index (κ3) is 2.54. The van der Waals surface area contributed by atoms with Gasteiger partial charge in [-0.3, -0.25) is 0 Å². The monoisotopic (exact) mass is 267 g/mol. The fraction of sp³-hybridized carbons (Fsp3) is 0.308. The molecular weight excluding hydrogens is 253 g/mol. The zero-order valence-electron chi connectivity index (χ0n) is 10.3. The Kier molecular flexibility index (Phi) is 3.99. The molecule has 1 aromatic heterocycles.